The topological polar surface area (TPSA) is 46.6 Å². The minimum Gasteiger partial charge on any atom is -0.464 e. The second-order valence-corrected chi connectivity index (χ2v) is 3.65. The Morgan fingerprint density at radius 2 is 2.19 bits per heavy atom. The van der Waals surface area contributed by atoms with Crippen molar-refractivity contribution in [1.82, 2.24) is 4.90 Å². The van der Waals surface area contributed by atoms with Crippen LogP contribution in [-0.2, 0) is 6.54 Å². The minimum absolute atomic E-state index is 0.154. The number of nitrogens with zero attached hydrogens (tertiary/aromatic N) is 1. The first-order valence-corrected chi connectivity index (χ1v) is 5.01. The molecular weight excluding hydrogens is 206 g/mol. The summed E-state index contributed by atoms with van der Waals surface area (Å²) in [6.45, 7) is 2.31. The van der Waals surface area contributed by atoms with Gasteiger partial charge < -0.3 is 13.7 Å². The standard InChI is InChI=1S/C12H13NO3/c1-9-5-6-10(16-9)8-13(2)12(14)11-4-3-7-15-11/h3-7H,8H2,1-2H3. The van der Waals surface area contributed by atoms with Gasteiger partial charge in [-0.3, -0.25) is 4.79 Å². The molecule has 0 fully saturated rings. The van der Waals surface area contributed by atoms with Gasteiger partial charge in [-0.2, -0.15) is 0 Å². The Kier molecular flexibility index (Phi) is 2.81. The van der Waals surface area contributed by atoms with Gasteiger partial charge in [-0.15, -0.1) is 0 Å². The van der Waals surface area contributed by atoms with Crippen molar-refractivity contribution in [3.05, 3.63) is 47.8 Å². The number of carbonyl (C=O) groups is 1. The predicted octanol–water partition coefficient (Wildman–Crippen LogP) is 2.45. The summed E-state index contributed by atoms with van der Waals surface area (Å²) in [7, 11) is 1.71. The fourth-order valence-electron chi connectivity index (χ4n) is 1.46. The second kappa shape index (κ2) is 4.26. The number of carbonyl (C=O) groups excluding carboxylic acids is 1. The fraction of sp³-hybridized carbons (Fsp3) is 0.250. The summed E-state index contributed by atoms with van der Waals surface area (Å²) in [6, 6.07) is 7.08. The van der Waals surface area contributed by atoms with Gasteiger partial charge >= 0.3 is 0 Å². The highest BCUT2D eigenvalue weighted by Crippen LogP contribution is 2.11. The summed E-state index contributed by atoms with van der Waals surface area (Å²) in [4.78, 5) is 13.4. The Balaban J connectivity index is 2.03. The van der Waals surface area contributed by atoms with Gasteiger partial charge in [-0.25, -0.2) is 0 Å². The predicted molar refractivity (Wildman–Crippen MR) is 58.0 cm³/mol. The van der Waals surface area contributed by atoms with E-state index in [0.29, 0.717) is 12.3 Å². The molecule has 0 saturated heterocycles. The minimum atomic E-state index is -0.154. The van der Waals surface area contributed by atoms with Gasteiger partial charge in [0.15, 0.2) is 5.76 Å². The lowest BCUT2D eigenvalue weighted by Gasteiger charge is -2.13. The largest absolute Gasteiger partial charge is 0.464 e. The zero-order valence-corrected chi connectivity index (χ0v) is 9.27. The second-order valence-electron chi connectivity index (χ2n) is 3.65. The van der Waals surface area contributed by atoms with Crippen LogP contribution in [0.2, 0.25) is 0 Å². The molecule has 2 aromatic rings. The van der Waals surface area contributed by atoms with Crippen molar-refractivity contribution < 1.29 is 13.6 Å². The maximum absolute atomic E-state index is 11.8. The van der Waals surface area contributed by atoms with Crippen LogP contribution in [0.3, 0.4) is 0 Å². The number of hydrogen-bond donors (Lipinski definition) is 0. The van der Waals surface area contributed by atoms with Crippen molar-refractivity contribution in [2.45, 2.75) is 13.5 Å². The molecule has 2 aromatic heterocycles. The molecule has 0 unspecified atom stereocenters. The lowest BCUT2D eigenvalue weighted by Crippen LogP contribution is -2.25. The van der Waals surface area contributed by atoms with E-state index in [0.717, 1.165) is 11.5 Å². The van der Waals surface area contributed by atoms with E-state index >= 15 is 0 Å². The summed E-state index contributed by atoms with van der Waals surface area (Å²) in [6.07, 6.45) is 1.48. The van der Waals surface area contributed by atoms with E-state index in [1.54, 1.807) is 24.1 Å². The van der Waals surface area contributed by atoms with Crippen molar-refractivity contribution in [2.24, 2.45) is 0 Å². The van der Waals surface area contributed by atoms with Gasteiger partial charge in [-0.1, -0.05) is 0 Å². The molecule has 0 saturated carbocycles. The Hall–Kier alpha value is -1.97. The van der Waals surface area contributed by atoms with E-state index in [1.165, 1.54) is 6.26 Å². The number of aryl methyl sites for hydroxylation is 1. The molecule has 0 N–H and O–H groups in total. The maximum atomic E-state index is 11.8. The Morgan fingerprint density at radius 3 is 2.75 bits per heavy atom. The molecule has 2 heterocycles. The molecule has 0 aromatic carbocycles. The molecular formula is C12H13NO3. The molecule has 4 nitrogen and oxygen atoms in total. The first-order valence-electron chi connectivity index (χ1n) is 5.01. The first kappa shape index (κ1) is 10.5. The van der Waals surface area contributed by atoms with Crippen molar-refractivity contribution in [3.8, 4) is 0 Å². The average molecular weight is 219 g/mol. The SMILES string of the molecule is Cc1ccc(CN(C)C(=O)c2ccco2)o1. The molecule has 0 aliphatic carbocycles. The van der Waals surface area contributed by atoms with Crippen LogP contribution in [0.1, 0.15) is 22.1 Å². The van der Waals surface area contributed by atoms with Crippen LogP contribution < -0.4 is 0 Å². The quantitative estimate of drug-likeness (QED) is 0.796. The summed E-state index contributed by atoms with van der Waals surface area (Å²) >= 11 is 0. The van der Waals surface area contributed by atoms with E-state index in [2.05, 4.69) is 0 Å². The van der Waals surface area contributed by atoms with E-state index < -0.39 is 0 Å². The molecule has 4 heteroatoms. The molecule has 0 aliphatic rings. The number of furan rings is 2. The smallest absolute Gasteiger partial charge is 0.289 e. The Morgan fingerprint density at radius 1 is 1.38 bits per heavy atom. The third-order valence-electron chi connectivity index (χ3n) is 2.27. The van der Waals surface area contributed by atoms with Crippen LogP contribution in [0, 0.1) is 6.92 Å². The van der Waals surface area contributed by atoms with E-state index in [-0.39, 0.29) is 5.91 Å². The van der Waals surface area contributed by atoms with Gasteiger partial charge in [0.05, 0.1) is 12.8 Å². The Labute approximate surface area is 93.5 Å². The summed E-state index contributed by atoms with van der Waals surface area (Å²) in [5.41, 5.74) is 0. The van der Waals surface area contributed by atoms with Crippen molar-refractivity contribution in [3.63, 3.8) is 0 Å². The van der Waals surface area contributed by atoms with Crippen molar-refractivity contribution in [1.29, 1.82) is 0 Å². The van der Waals surface area contributed by atoms with E-state index in [4.69, 9.17) is 8.83 Å². The summed E-state index contributed by atoms with van der Waals surface area (Å²) in [5, 5.41) is 0. The zero-order chi connectivity index (χ0) is 11.5. The van der Waals surface area contributed by atoms with Gasteiger partial charge in [0.2, 0.25) is 0 Å². The van der Waals surface area contributed by atoms with Crippen LogP contribution in [0.4, 0.5) is 0 Å². The molecule has 0 spiro atoms. The molecule has 0 atom stereocenters. The van der Waals surface area contributed by atoms with Crippen molar-refractivity contribution in [2.75, 3.05) is 7.05 Å². The zero-order valence-electron chi connectivity index (χ0n) is 9.27. The Bertz CT molecular complexity index is 470. The molecule has 1 amide bonds. The highest BCUT2D eigenvalue weighted by Gasteiger charge is 2.15. The van der Waals surface area contributed by atoms with Crippen LogP contribution in [0.15, 0.2) is 39.4 Å². The van der Waals surface area contributed by atoms with Crippen LogP contribution in [0.25, 0.3) is 0 Å². The number of amides is 1. The molecule has 0 aliphatic heterocycles. The molecule has 0 radical (unpaired) electrons. The number of rotatable bonds is 3. The van der Waals surface area contributed by atoms with Crippen LogP contribution >= 0.6 is 0 Å². The highest BCUT2D eigenvalue weighted by molar-refractivity contribution is 5.91. The van der Waals surface area contributed by atoms with E-state index in [1.807, 2.05) is 19.1 Å². The normalized spacial score (nSPS) is 10.4. The van der Waals surface area contributed by atoms with Crippen LogP contribution in [-0.4, -0.2) is 17.9 Å². The average Bonchev–Trinajstić information content (AvgIpc) is 2.88. The van der Waals surface area contributed by atoms with Crippen LogP contribution in [0.5, 0.6) is 0 Å². The van der Waals surface area contributed by atoms with Gasteiger partial charge in [0, 0.05) is 7.05 Å². The maximum Gasteiger partial charge on any atom is 0.289 e. The van der Waals surface area contributed by atoms with Gasteiger partial charge in [-0.05, 0) is 31.2 Å². The van der Waals surface area contributed by atoms with Crippen molar-refractivity contribution >= 4 is 5.91 Å². The van der Waals surface area contributed by atoms with E-state index in [9.17, 15) is 4.79 Å². The molecule has 0 bridgehead atoms. The lowest BCUT2D eigenvalue weighted by atomic mass is 10.3. The molecule has 2 rings (SSSR count). The first-order chi connectivity index (χ1) is 7.66. The van der Waals surface area contributed by atoms with Gasteiger partial charge in [0.25, 0.3) is 5.91 Å². The third-order valence-corrected chi connectivity index (χ3v) is 2.27. The summed E-state index contributed by atoms with van der Waals surface area (Å²) < 4.78 is 10.4. The fourth-order valence-corrected chi connectivity index (χ4v) is 1.46. The number of hydrogen-bond acceptors (Lipinski definition) is 3. The monoisotopic (exact) mass is 219 g/mol. The molecule has 84 valence electrons. The molecule has 16 heavy (non-hydrogen) atoms. The highest BCUT2D eigenvalue weighted by atomic mass is 16.3. The van der Waals surface area contributed by atoms with Gasteiger partial charge in [0.1, 0.15) is 11.5 Å². The summed E-state index contributed by atoms with van der Waals surface area (Å²) in [5.74, 6) is 1.79. The third kappa shape index (κ3) is 2.16. The lowest BCUT2D eigenvalue weighted by molar-refractivity contribution is 0.0743.